The summed E-state index contributed by atoms with van der Waals surface area (Å²) < 4.78 is 0. The topological polar surface area (TPSA) is 63.4 Å². The number of nitrogens with two attached hydrogens (primary N) is 1. The zero-order valence-corrected chi connectivity index (χ0v) is 17.4. The molecular weight excluding hydrogens is 383 g/mol. The van der Waals surface area contributed by atoms with Crippen LogP contribution in [0, 0.1) is 5.92 Å². The number of hydrogen-bond donors (Lipinski definition) is 1. The van der Waals surface area contributed by atoms with E-state index in [1.54, 1.807) is 60.5 Å². The van der Waals surface area contributed by atoms with Crippen molar-refractivity contribution in [3.63, 3.8) is 0 Å². The molecule has 2 N–H and O–H groups in total. The first-order valence-corrected chi connectivity index (χ1v) is 9.09. The maximum atomic E-state index is 12.8. The molecule has 0 saturated carbocycles. The fraction of sp³-hybridized carbons (Fsp3) is 0.333. The molecule has 0 aromatic heterocycles. The van der Waals surface area contributed by atoms with Crippen molar-refractivity contribution in [3.05, 3.63) is 70.2 Å². The second-order valence-electron chi connectivity index (χ2n) is 6.80. The number of carbonyl (C=O) groups is 2. The molecule has 1 amide bonds. The van der Waals surface area contributed by atoms with Crippen LogP contribution in [0.25, 0.3) is 0 Å². The van der Waals surface area contributed by atoms with Crippen LogP contribution >= 0.6 is 24.0 Å². The lowest BCUT2D eigenvalue weighted by molar-refractivity contribution is 0.0784. The highest BCUT2D eigenvalue weighted by molar-refractivity contribution is 6.30. The summed E-state index contributed by atoms with van der Waals surface area (Å²) >= 11 is 5.89. The minimum Gasteiger partial charge on any atom is -0.342 e. The van der Waals surface area contributed by atoms with Gasteiger partial charge in [0.2, 0.25) is 0 Å². The highest BCUT2D eigenvalue weighted by Crippen LogP contribution is 2.18. The molecule has 0 heterocycles. The fourth-order valence-corrected chi connectivity index (χ4v) is 2.73. The van der Waals surface area contributed by atoms with Crippen LogP contribution in [0.2, 0.25) is 5.02 Å². The SMILES string of the molecule is CC(C)C(N)CCN(C)C(=O)c1ccccc1C(=O)c1ccc(Cl)cc1.Cl. The number of rotatable bonds is 7. The molecule has 4 nitrogen and oxygen atoms in total. The van der Waals surface area contributed by atoms with Crippen LogP contribution in [0.4, 0.5) is 0 Å². The van der Waals surface area contributed by atoms with Crippen LogP contribution < -0.4 is 5.73 Å². The lowest BCUT2D eigenvalue weighted by atomic mass is 9.97. The van der Waals surface area contributed by atoms with Gasteiger partial charge in [-0.3, -0.25) is 9.59 Å². The van der Waals surface area contributed by atoms with Gasteiger partial charge in [0.15, 0.2) is 5.78 Å². The van der Waals surface area contributed by atoms with E-state index >= 15 is 0 Å². The molecule has 6 heteroatoms. The van der Waals surface area contributed by atoms with Crippen LogP contribution in [-0.4, -0.2) is 36.2 Å². The van der Waals surface area contributed by atoms with Gasteiger partial charge in [0, 0.05) is 35.8 Å². The average Bonchev–Trinajstić information content (AvgIpc) is 2.65. The summed E-state index contributed by atoms with van der Waals surface area (Å²) in [6.07, 6.45) is 0.715. The van der Waals surface area contributed by atoms with E-state index in [-0.39, 0.29) is 30.1 Å². The molecule has 146 valence electrons. The smallest absolute Gasteiger partial charge is 0.254 e. The molecule has 2 aromatic rings. The maximum Gasteiger partial charge on any atom is 0.254 e. The summed E-state index contributed by atoms with van der Waals surface area (Å²) in [7, 11) is 1.74. The molecule has 0 aliphatic carbocycles. The Balaban J connectivity index is 0.00000364. The summed E-state index contributed by atoms with van der Waals surface area (Å²) in [6.45, 7) is 4.67. The number of amides is 1. The summed E-state index contributed by atoms with van der Waals surface area (Å²) in [6, 6.07) is 13.6. The fourth-order valence-electron chi connectivity index (χ4n) is 2.61. The Hall–Kier alpha value is -1.88. The van der Waals surface area contributed by atoms with Crippen molar-refractivity contribution < 1.29 is 9.59 Å². The van der Waals surface area contributed by atoms with E-state index in [4.69, 9.17) is 17.3 Å². The zero-order chi connectivity index (χ0) is 19.3. The molecule has 0 bridgehead atoms. The molecule has 0 fully saturated rings. The van der Waals surface area contributed by atoms with Gasteiger partial charge in [0.05, 0.1) is 5.56 Å². The van der Waals surface area contributed by atoms with Crippen LogP contribution in [0.15, 0.2) is 48.5 Å². The predicted molar refractivity (Wildman–Crippen MR) is 113 cm³/mol. The Kier molecular flexibility index (Phi) is 8.97. The molecule has 0 spiro atoms. The number of halogens is 2. The average molecular weight is 409 g/mol. The maximum absolute atomic E-state index is 12.8. The monoisotopic (exact) mass is 408 g/mol. The molecule has 1 atom stereocenters. The molecule has 27 heavy (non-hydrogen) atoms. The van der Waals surface area contributed by atoms with Crippen molar-refractivity contribution in [1.82, 2.24) is 4.90 Å². The van der Waals surface area contributed by atoms with Crippen LogP contribution in [-0.2, 0) is 0 Å². The Morgan fingerprint density at radius 2 is 1.59 bits per heavy atom. The number of hydrogen-bond acceptors (Lipinski definition) is 3. The van der Waals surface area contributed by atoms with Gasteiger partial charge in [0.1, 0.15) is 0 Å². The molecule has 0 aliphatic rings. The second-order valence-corrected chi connectivity index (χ2v) is 7.24. The number of benzene rings is 2. The van der Waals surface area contributed by atoms with E-state index in [1.807, 2.05) is 0 Å². The summed E-state index contributed by atoms with van der Waals surface area (Å²) in [5.41, 5.74) is 7.35. The van der Waals surface area contributed by atoms with Gasteiger partial charge in [-0.25, -0.2) is 0 Å². The molecule has 1 unspecified atom stereocenters. The third kappa shape index (κ3) is 6.06. The van der Waals surface area contributed by atoms with Gasteiger partial charge < -0.3 is 10.6 Å². The van der Waals surface area contributed by atoms with Crippen LogP contribution in [0.3, 0.4) is 0 Å². The Morgan fingerprint density at radius 3 is 2.15 bits per heavy atom. The highest BCUT2D eigenvalue weighted by atomic mass is 35.5. The molecule has 2 rings (SSSR count). The van der Waals surface area contributed by atoms with Gasteiger partial charge in [-0.05, 0) is 42.7 Å². The molecule has 0 saturated heterocycles. The van der Waals surface area contributed by atoms with Crippen molar-refractivity contribution in [1.29, 1.82) is 0 Å². The minimum atomic E-state index is -0.196. The van der Waals surface area contributed by atoms with E-state index in [0.717, 1.165) is 0 Å². The summed E-state index contributed by atoms with van der Waals surface area (Å²) in [4.78, 5) is 27.3. The molecular formula is C21H26Cl2N2O2. The van der Waals surface area contributed by atoms with E-state index in [0.29, 0.717) is 40.6 Å². The number of ketones is 1. The van der Waals surface area contributed by atoms with Crippen molar-refractivity contribution in [2.75, 3.05) is 13.6 Å². The van der Waals surface area contributed by atoms with E-state index in [2.05, 4.69) is 13.8 Å². The standard InChI is InChI=1S/C21H25ClN2O2.ClH/c1-14(2)19(23)12-13-24(3)21(26)18-7-5-4-6-17(18)20(25)15-8-10-16(22)11-9-15;/h4-11,14,19H,12-13,23H2,1-3H3;1H. The summed E-state index contributed by atoms with van der Waals surface area (Å²) in [5, 5.41) is 0.562. The number of nitrogens with zero attached hydrogens (tertiary/aromatic N) is 1. The minimum absolute atomic E-state index is 0. The lowest BCUT2D eigenvalue weighted by Gasteiger charge is -2.22. The van der Waals surface area contributed by atoms with Crippen molar-refractivity contribution in [3.8, 4) is 0 Å². The third-order valence-corrected chi connectivity index (χ3v) is 4.76. The second kappa shape index (κ2) is 10.5. The quantitative estimate of drug-likeness (QED) is 0.688. The molecule has 0 aliphatic heterocycles. The molecule has 0 radical (unpaired) electrons. The molecule has 2 aromatic carbocycles. The van der Waals surface area contributed by atoms with E-state index in [1.165, 1.54) is 0 Å². The van der Waals surface area contributed by atoms with Crippen molar-refractivity contribution >= 4 is 35.7 Å². The highest BCUT2D eigenvalue weighted by Gasteiger charge is 2.21. The Morgan fingerprint density at radius 1 is 1.04 bits per heavy atom. The largest absolute Gasteiger partial charge is 0.342 e. The Bertz CT molecular complexity index is 776. The third-order valence-electron chi connectivity index (χ3n) is 4.51. The van der Waals surface area contributed by atoms with Crippen molar-refractivity contribution in [2.45, 2.75) is 26.3 Å². The Labute approximate surface area is 172 Å². The van der Waals surface area contributed by atoms with E-state index < -0.39 is 0 Å². The first kappa shape index (κ1) is 23.2. The number of carbonyl (C=O) groups excluding carboxylic acids is 2. The van der Waals surface area contributed by atoms with Gasteiger partial charge in [0.25, 0.3) is 5.91 Å². The van der Waals surface area contributed by atoms with Gasteiger partial charge >= 0.3 is 0 Å². The first-order valence-electron chi connectivity index (χ1n) is 8.71. The van der Waals surface area contributed by atoms with Crippen molar-refractivity contribution in [2.24, 2.45) is 11.7 Å². The van der Waals surface area contributed by atoms with Gasteiger partial charge in [-0.1, -0.05) is 43.6 Å². The van der Waals surface area contributed by atoms with Gasteiger partial charge in [-0.15, -0.1) is 12.4 Å². The van der Waals surface area contributed by atoms with Crippen LogP contribution in [0.1, 0.15) is 46.5 Å². The van der Waals surface area contributed by atoms with Crippen LogP contribution in [0.5, 0.6) is 0 Å². The van der Waals surface area contributed by atoms with E-state index in [9.17, 15) is 9.59 Å². The lowest BCUT2D eigenvalue weighted by Crippen LogP contribution is -2.35. The predicted octanol–water partition coefficient (Wildman–Crippen LogP) is 4.44. The normalized spacial score (nSPS) is 11.6. The summed E-state index contributed by atoms with van der Waals surface area (Å²) in [5.74, 6) is -0.0194. The van der Waals surface area contributed by atoms with Gasteiger partial charge in [-0.2, -0.15) is 0 Å². The zero-order valence-electron chi connectivity index (χ0n) is 15.8. The first-order chi connectivity index (χ1) is 12.3.